The summed E-state index contributed by atoms with van der Waals surface area (Å²) in [5, 5.41) is 18.8. The monoisotopic (exact) mass is 186 g/mol. The lowest BCUT2D eigenvalue weighted by atomic mass is 9.77. The molecule has 13 heavy (non-hydrogen) atoms. The van der Waals surface area contributed by atoms with Crippen molar-refractivity contribution in [3.8, 4) is 0 Å². The molecule has 0 amide bonds. The van der Waals surface area contributed by atoms with Gasteiger partial charge < -0.3 is 10.2 Å². The minimum atomic E-state index is -0.853. The summed E-state index contributed by atoms with van der Waals surface area (Å²) in [5.74, 6) is -0.505. The Kier molecular flexibility index (Phi) is 2.96. The van der Waals surface area contributed by atoms with Crippen LogP contribution in [0.3, 0.4) is 0 Å². The van der Waals surface area contributed by atoms with E-state index in [2.05, 4.69) is 0 Å². The van der Waals surface area contributed by atoms with Crippen LogP contribution in [-0.4, -0.2) is 22.3 Å². The predicted octanol–water partition coefficient (Wildman–Crippen LogP) is 1.65. The molecule has 3 nitrogen and oxygen atoms in total. The molecule has 1 aliphatic carbocycles. The highest BCUT2D eigenvalue weighted by molar-refractivity contribution is 5.75. The number of hydrogen-bond acceptors (Lipinski definition) is 2. The van der Waals surface area contributed by atoms with Crippen LogP contribution in [0, 0.1) is 11.3 Å². The lowest BCUT2D eigenvalue weighted by molar-refractivity contribution is -0.156. The van der Waals surface area contributed by atoms with E-state index in [1.54, 1.807) is 0 Å². The Hall–Kier alpha value is -0.570. The van der Waals surface area contributed by atoms with Gasteiger partial charge in [-0.05, 0) is 31.6 Å². The van der Waals surface area contributed by atoms with Crippen molar-refractivity contribution in [1.29, 1.82) is 0 Å². The normalized spacial score (nSPS) is 34.0. The van der Waals surface area contributed by atoms with Gasteiger partial charge in [-0.3, -0.25) is 4.79 Å². The van der Waals surface area contributed by atoms with Gasteiger partial charge >= 0.3 is 5.97 Å². The predicted molar refractivity (Wildman–Crippen MR) is 49.4 cm³/mol. The molecule has 1 aliphatic rings. The third kappa shape index (κ3) is 1.85. The van der Waals surface area contributed by atoms with E-state index in [-0.39, 0.29) is 0 Å². The second kappa shape index (κ2) is 3.66. The fourth-order valence-corrected chi connectivity index (χ4v) is 2.36. The summed E-state index contributed by atoms with van der Waals surface area (Å²) in [7, 11) is 0. The first-order chi connectivity index (χ1) is 5.99. The first kappa shape index (κ1) is 10.5. The van der Waals surface area contributed by atoms with Gasteiger partial charge in [0.2, 0.25) is 0 Å². The van der Waals surface area contributed by atoms with Gasteiger partial charge in [0.25, 0.3) is 0 Å². The highest BCUT2D eigenvalue weighted by Crippen LogP contribution is 2.43. The van der Waals surface area contributed by atoms with Gasteiger partial charge in [-0.25, -0.2) is 0 Å². The first-order valence-corrected chi connectivity index (χ1v) is 4.90. The smallest absolute Gasteiger partial charge is 0.312 e. The van der Waals surface area contributed by atoms with Gasteiger partial charge in [0.05, 0.1) is 11.5 Å². The summed E-state index contributed by atoms with van der Waals surface area (Å²) >= 11 is 0. The standard InChI is InChI=1S/C10H18O3/c1-7(2)6-10(9(12)13)5-3-4-8(10)11/h7-8,11H,3-6H2,1-2H3,(H,12,13). The second-order valence-corrected chi connectivity index (χ2v) is 4.47. The quantitative estimate of drug-likeness (QED) is 0.704. The number of hydrogen-bond donors (Lipinski definition) is 2. The van der Waals surface area contributed by atoms with Crippen molar-refractivity contribution in [2.45, 2.75) is 45.6 Å². The highest BCUT2D eigenvalue weighted by Gasteiger charge is 2.48. The molecule has 3 heteroatoms. The van der Waals surface area contributed by atoms with Gasteiger partial charge in [-0.15, -0.1) is 0 Å². The summed E-state index contributed by atoms with van der Waals surface area (Å²) < 4.78 is 0. The van der Waals surface area contributed by atoms with Crippen molar-refractivity contribution in [3.05, 3.63) is 0 Å². The van der Waals surface area contributed by atoms with E-state index in [0.29, 0.717) is 25.2 Å². The fraction of sp³-hybridized carbons (Fsp3) is 0.900. The Morgan fingerprint density at radius 2 is 2.23 bits per heavy atom. The maximum absolute atomic E-state index is 11.1. The molecule has 76 valence electrons. The van der Waals surface area contributed by atoms with E-state index in [9.17, 15) is 9.90 Å². The molecule has 1 saturated carbocycles. The van der Waals surface area contributed by atoms with Crippen LogP contribution >= 0.6 is 0 Å². The Bertz CT molecular complexity index is 200. The van der Waals surface area contributed by atoms with Crippen LogP contribution < -0.4 is 0 Å². The van der Waals surface area contributed by atoms with Crippen LogP contribution in [0.4, 0.5) is 0 Å². The van der Waals surface area contributed by atoms with Gasteiger partial charge in [0.1, 0.15) is 0 Å². The zero-order valence-electron chi connectivity index (χ0n) is 8.29. The van der Waals surface area contributed by atoms with Gasteiger partial charge in [0.15, 0.2) is 0 Å². The molecule has 0 aromatic carbocycles. The topological polar surface area (TPSA) is 57.5 Å². The zero-order valence-corrected chi connectivity index (χ0v) is 8.29. The number of rotatable bonds is 3. The molecular formula is C10H18O3. The molecule has 0 aromatic rings. The maximum Gasteiger partial charge on any atom is 0.312 e. The van der Waals surface area contributed by atoms with E-state index in [1.165, 1.54) is 0 Å². The molecular weight excluding hydrogens is 168 g/mol. The molecule has 2 atom stereocenters. The lowest BCUT2D eigenvalue weighted by Gasteiger charge is -2.29. The number of carboxylic acids is 1. The van der Waals surface area contributed by atoms with Crippen LogP contribution in [0.1, 0.15) is 39.5 Å². The third-order valence-electron chi connectivity index (χ3n) is 2.94. The second-order valence-electron chi connectivity index (χ2n) is 4.47. The van der Waals surface area contributed by atoms with E-state index in [0.717, 1.165) is 6.42 Å². The Morgan fingerprint density at radius 3 is 2.54 bits per heavy atom. The number of aliphatic hydroxyl groups excluding tert-OH is 1. The van der Waals surface area contributed by atoms with Crippen LogP contribution in [0.2, 0.25) is 0 Å². The van der Waals surface area contributed by atoms with Crippen LogP contribution in [0.5, 0.6) is 0 Å². The van der Waals surface area contributed by atoms with Crippen molar-refractivity contribution in [1.82, 2.24) is 0 Å². The summed E-state index contributed by atoms with van der Waals surface area (Å²) in [6.45, 7) is 3.99. The molecule has 2 N–H and O–H groups in total. The van der Waals surface area contributed by atoms with Crippen LogP contribution in [0.25, 0.3) is 0 Å². The minimum Gasteiger partial charge on any atom is -0.481 e. The molecule has 0 aromatic heterocycles. The Morgan fingerprint density at radius 1 is 1.62 bits per heavy atom. The fourth-order valence-electron chi connectivity index (χ4n) is 2.36. The highest BCUT2D eigenvalue weighted by atomic mass is 16.4. The number of aliphatic carboxylic acids is 1. The number of carboxylic acid groups (broad SMARTS) is 1. The van der Waals surface area contributed by atoms with Crippen molar-refractivity contribution >= 4 is 5.97 Å². The third-order valence-corrected chi connectivity index (χ3v) is 2.94. The van der Waals surface area contributed by atoms with Crippen LogP contribution in [0.15, 0.2) is 0 Å². The van der Waals surface area contributed by atoms with E-state index in [1.807, 2.05) is 13.8 Å². The Balaban J connectivity index is 2.80. The van der Waals surface area contributed by atoms with E-state index < -0.39 is 17.5 Å². The van der Waals surface area contributed by atoms with E-state index >= 15 is 0 Å². The SMILES string of the molecule is CC(C)CC1(C(=O)O)CCCC1O. The largest absolute Gasteiger partial charge is 0.481 e. The van der Waals surface area contributed by atoms with Crippen molar-refractivity contribution < 1.29 is 15.0 Å². The van der Waals surface area contributed by atoms with Gasteiger partial charge in [-0.2, -0.15) is 0 Å². The number of aliphatic hydroxyl groups is 1. The van der Waals surface area contributed by atoms with E-state index in [4.69, 9.17) is 5.11 Å². The number of carbonyl (C=O) groups is 1. The molecule has 1 rings (SSSR count). The molecule has 0 spiro atoms. The Labute approximate surface area is 78.8 Å². The zero-order chi connectivity index (χ0) is 10.1. The molecule has 2 unspecified atom stereocenters. The molecule has 0 saturated heterocycles. The molecule has 1 fully saturated rings. The van der Waals surface area contributed by atoms with Gasteiger partial charge in [-0.1, -0.05) is 13.8 Å². The van der Waals surface area contributed by atoms with Gasteiger partial charge in [0, 0.05) is 0 Å². The lowest BCUT2D eigenvalue weighted by Crippen LogP contribution is -2.39. The average molecular weight is 186 g/mol. The summed E-state index contributed by atoms with van der Waals surface area (Å²) in [6.07, 6.45) is 2.04. The van der Waals surface area contributed by atoms with Crippen LogP contribution in [-0.2, 0) is 4.79 Å². The summed E-state index contributed by atoms with van der Waals surface area (Å²) in [5.41, 5.74) is -0.853. The first-order valence-electron chi connectivity index (χ1n) is 4.90. The molecule has 0 aliphatic heterocycles. The van der Waals surface area contributed by atoms with Crippen molar-refractivity contribution in [2.75, 3.05) is 0 Å². The van der Waals surface area contributed by atoms with Crippen molar-refractivity contribution in [3.63, 3.8) is 0 Å². The molecule has 0 heterocycles. The summed E-state index contributed by atoms with van der Waals surface area (Å²) in [4.78, 5) is 11.1. The molecule has 0 bridgehead atoms. The maximum atomic E-state index is 11.1. The molecule has 0 radical (unpaired) electrons. The minimum absolute atomic E-state index is 0.323. The average Bonchev–Trinajstić information content (AvgIpc) is 2.32. The summed E-state index contributed by atoms with van der Waals surface area (Å²) in [6, 6.07) is 0. The van der Waals surface area contributed by atoms with Crippen molar-refractivity contribution in [2.24, 2.45) is 11.3 Å².